The summed E-state index contributed by atoms with van der Waals surface area (Å²) >= 11 is 0. The lowest BCUT2D eigenvalue weighted by atomic mass is 10.0. The van der Waals surface area contributed by atoms with E-state index in [1.807, 2.05) is 28.9 Å². The Bertz CT molecular complexity index is 1330. The summed E-state index contributed by atoms with van der Waals surface area (Å²) in [6, 6.07) is 11.4. The third-order valence-electron chi connectivity index (χ3n) is 6.97. The van der Waals surface area contributed by atoms with Crippen molar-refractivity contribution in [1.82, 2.24) is 14.9 Å². The molecule has 1 aliphatic heterocycles. The highest BCUT2D eigenvalue weighted by Gasteiger charge is 2.34. The Morgan fingerprint density at radius 2 is 1.74 bits per heavy atom. The Morgan fingerprint density at radius 3 is 2.38 bits per heavy atom. The van der Waals surface area contributed by atoms with Crippen LogP contribution in [-0.2, 0) is 17.6 Å². The number of piperazine rings is 1. The number of benzene rings is 2. The minimum Gasteiger partial charge on any atom is -0.488 e. The number of carbonyl (C=O) groups excluding carboxylic acids is 1. The van der Waals surface area contributed by atoms with Gasteiger partial charge in [0.25, 0.3) is 0 Å². The van der Waals surface area contributed by atoms with E-state index >= 15 is 0 Å². The van der Waals surface area contributed by atoms with Crippen LogP contribution in [0.15, 0.2) is 42.5 Å². The Labute approximate surface area is 226 Å². The summed E-state index contributed by atoms with van der Waals surface area (Å²) in [4.78, 5) is 24.6. The predicted octanol–water partition coefficient (Wildman–Crippen LogP) is 5.09. The Morgan fingerprint density at radius 1 is 1.05 bits per heavy atom. The summed E-state index contributed by atoms with van der Waals surface area (Å²) in [6.45, 7) is 10.5. The number of hydrogen-bond donors (Lipinski definition) is 1. The summed E-state index contributed by atoms with van der Waals surface area (Å²) in [5, 5.41) is 0. The number of amides is 1. The lowest BCUT2D eigenvalue weighted by Gasteiger charge is -2.36. The zero-order valence-corrected chi connectivity index (χ0v) is 22.7. The maximum absolute atomic E-state index is 13.8. The fourth-order valence-electron chi connectivity index (χ4n) is 4.68. The van der Waals surface area contributed by atoms with E-state index in [1.54, 1.807) is 13.0 Å². The van der Waals surface area contributed by atoms with Gasteiger partial charge in [-0.25, -0.2) is 9.97 Å². The van der Waals surface area contributed by atoms with Crippen LogP contribution in [-0.4, -0.2) is 53.5 Å². The third kappa shape index (κ3) is 6.68. The molecule has 1 saturated heterocycles. The molecule has 2 heterocycles. The van der Waals surface area contributed by atoms with Gasteiger partial charge in [-0.2, -0.15) is 13.2 Å². The van der Waals surface area contributed by atoms with Crippen molar-refractivity contribution in [3.05, 3.63) is 70.4 Å². The monoisotopic (exact) mass is 541 g/mol. The van der Waals surface area contributed by atoms with Crippen LogP contribution in [0.3, 0.4) is 0 Å². The smallest absolute Gasteiger partial charge is 0.417 e. The van der Waals surface area contributed by atoms with Gasteiger partial charge in [0.1, 0.15) is 18.2 Å². The number of primary amides is 1. The van der Waals surface area contributed by atoms with E-state index in [0.29, 0.717) is 49.2 Å². The molecule has 208 valence electrons. The number of nitrogens with zero attached hydrogens (tertiary/aromatic N) is 4. The number of rotatable bonds is 8. The second-order valence-corrected chi connectivity index (χ2v) is 10.2. The second kappa shape index (κ2) is 11.6. The molecule has 2 N–H and O–H groups in total. The highest BCUT2D eigenvalue weighted by Crippen LogP contribution is 2.37. The summed E-state index contributed by atoms with van der Waals surface area (Å²) in [6.07, 6.45) is -4.55. The van der Waals surface area contributed by atoms with Crippen molar-refractivity contribution < 1.29 is 22.7 Å². The predicted molar refractivity (Wildman–Crippen MR) is 145 cm³/mol. The Kier molecular flexibility index (Phi) is 8.44. The SMILES string of the molecule is Cc1ccc(C(C)C)cc1OCc1c(C)nc(-c2ccccc2C(F)(F)F)nc1N1CCN(CC(N)=O)CC1. The summed E-state index contributed by atoms with van der Waals surface area (Å²) < 4.78 is 47.7. The van der Waals surface area contributed by atoms with Crippen molar-refractivity contribution in [2.24, 2.45) is 5.73 Å². The Balaban J connectivity index is 1.73. The maximum Gasteiger partial charge on any atom is 0.417 e. The molecule has 0 saturated carbocycles. The number of aromatic nitrogens is 2. The minimum absolute atomic E-state index is 0.0109. The second-order valence-electron chi connectivity index (χ2n) is 10.2. The van der Waals surface area contributed by atoms with Crippen LogP contribution < -0.4 is 15.4 Å². The number of alkyl halides is 3. The number of hydrogen-bond acceptors (Lipinski definition) is 6. The molecule has 7 nitrogen and oxygen atoms in total. The van der Waals surface area contributed by atoms with Crippen LogP contribution in [0.25, 0.3) is 11.4 Å². The van der Waals surface area contributed by atoms with Crippen LogP contribution in [0, 0.1) is 13.8 Å². The highest BCUT2D eigenvalue weighted by atomic mass is 19.4. The van der Waals surface area contributed by atoms with Crippen LogP contribution in [0.5, 0.6) is 5.75 Å². The van der Waals surface area contributed by atoms with Gasteiger partial charge < -0.3 is 15.4 Å². The first-order chi connectivity index (χ1) is 18.4. The van der Waals surface area contributed by atoms with Crippen molar-refractivity contribution in [3.63, 3.8) is 0 Å². The molecule has 1 aliphatic rings. The van der Waals surface area contributed by atoms with Crippen molar-refractivity contribution in [1.29, 1.82) is 0 Å². The minimum atomic E-state index is -4.55. The van der Waals surface area contributed by atoms with Crippen LogP contribution in [0.1, 0.15) is 47.7 Å². The molecule has 1 fully saturated rings. The zero-order chi connectivity index (χ0) is 28.3. The molecular weight excluding hydrogens is 507 g/mol. The summed E-state index contributed by atoms with van der Waals surface area (Å²) in [5.74, 6) is 1.21. The molecule has 0 atom stereocenters. The standard InChI is InChI=1S/C29H34F3N5O2/c1-18(2)21-10-9-19(3)25(15-21)39-17-23-20(4)34-27(22-7-5-6-8-24(22)29(30,31)32)35-28(23)37-13-11-36(12-14-37)16-26(33)38/h5-10,15,18H,11-14,16-17H2,1-4H3,(H2,33,38). The van der Waals surface area contributed by atoms with E-state index in [2.05, 4.69) is 24.9 Å². The first-order valence-corrected chi connectivity index (χ1v) is 13.0. The highest BCUT2D eigenvalue weighted by molar-refractivity contribution is 5.76. The lowest BCUT2D eigenvalue weighted by Crippen LogP contribution is -2.49. The van der Waals surface area contributed by atoms with E-state index < -0.39 is 17.6 Å². The van der Waals surface area contributed by atoms with Gasteiger partial charge in [0.15, 0.2) is 5.82 Å². The summed E-state index contributed by atoms with van der Waals surface area (Å²) in [7, 11) is 0. The number of carbonyl (C=O) groups is 1. The molecule has 3 aromatic rings. The van der Waals surface area contributed by atoms with Crippen molar-refractivity contribution in [2.45, 2.75) is 46.4 Å². The van der Waals surface area contributed by atoms with Crippen molar-refractivity contribution in [3.8, 4) is 17.1 Å². The topological polar surface area (TPSA) is 84.6 Å². The molecule has 0 spiro atoms. The fraction of sp³-hybridized carbons (Fsp3) is 0.414. The third-order valence-corrected chi connectivity index (χ3v) is 6.97. The molecule has 1 aromatic heterocycles. The van der Waals surface area contributed by atoms with Crippen LogP contribution >= 0.6 is 0 Å². The number of nitrogens with two attached hydrogens (primary N) is 1. The Hall–Kier alpha value is -3.66. The molecule has 0 radical (unpaired) electrons. The molecule has 4 rings (SSSR count). The molecule has 1 amide bonds. The molecule has 39 heavy (non-hydrogen) atoms. The van der Waals surface area contributed by atoms with Gasteiger partial charge in [-0.15, -0.1) is 0 Å². The van der Waals surface area contributed by atoms with E-state index in [1.165, 1.54) is 12.1 Å². The number of aryl methyl sites for hydroxylation is 2. The molecule has 10 heteroatoms. The largest absolute Gasteiger partial charge is 0.488 e. The van der Waals surface area contributed by atoms with Gasteiger partial charge in [-0.1, -0.05) is 44.2 Å². The summed E-state index contributed by atoms with van der Waals surface area (Å²) in [5.41, 5.74) is 7.88. The number of anilines is 1. The van der Waals surface area contributed by atoms with Crippen LogP contribution in [0.4, 0.5) is 19.0 Å². The average Bonchev–Trinajstić information content (AvgIpc) is 2.88. The van der Waals surface area contributed by atoms with E-state index in [-0.39, 0.29) is 24.5 Å². The van der Waals surface area contributed by atoms with Gasteiger partial charge in [0.2, 0.25) is 5.91 Å². The maximum atomic E-state index is 13.8. The van der Waals surface area contributed by atoms with Crippen LogP contribution in [0.2, 0.25) is 0 Å². The first kappa shape index (κ1) is 28.4. The molecule has 0 aliphatic carbocycles. The molecule has 2 aromatic carbocycles. The number of ether oxygens (including phenoxy) is 1. The van der Waals surface area contributed by atoms with Gasteiger partial charge in [-0.05, 0) is 43.0 Å². The molecule has 0 bridgehead atoms. The lowest BCUT2D eigenvalue weighted by molar-refractivity contribution is -0.137. The van der Waals surface area contributed by atoms with E-state index in [0.717, 1.165) is 22.9 Å². The van der Waals surface area contributed by atoms with Gasteiger partial charge >= 0.3 is 6.18 Å². The van der Waals surface area contributed by atoms with Gasteiger partial charge in [-0.3, -0.25) is 9.69 Å². The normalized spacial score (nSPS) is 14.6. The zero-order valence-electron chi connectivity index (χ0n) is 22.7. The number of halogens is 3. The molecule has 0 unspecified atom stereocenters. The fourth-order valence-corrected chi connectivity index (χ4v) is 4.68. The van der Waals surface area contributed by atoms with Crippen molar-refractivity contribution >= 4 is 11.7 Å². The van der Waals surface area contributed by atoms with E-state index in [9.17, 15) is 18.0 Å². The molecular formula is C29H34F3N5O2. The van der Waals surface area contributed by atoms with Gasteiger partial charge in [0, 0.05) is 31.7 Å². The first-order valence-electron chi connectivity index (χ1n) is 13.0. The van der Waals surface area contributed by atoms with Crippen molar-refractivity contribution in [2.75, 3.05) is 37.6 Å². The average molecular weight is 542 g/mol. The quantitative estimate of drug-likeness (QED) is 0.428. The van der Waals surface area contributed by atoms with E-state index in [4.69, 9.17) is 15.5 Å². The van der Waals surface area contributed by atoms with Gasteiger partial charge in [0.05, 0.1) is 23.4 Å².